The van der Waals surface area contributed by atoms with Crippen molar-refractivity contribution in [2.75, 3.05) is 17.7 Å². The summed E-state index contributed by atoms with van der Waals surface area (Å²) in [7, 11) is 0. The number of carbonyl (C=O) groups excluding carboxylic acids is 1. The Morgan fingerprint density at radius 3 is 2.67 bits per heavy atom. The van der Waals surface area contributed by atoms with Crippen LogP contribution in [0.15, 0.2) is 45.3 Å². The Labute approximate surface area is 139 Å². The van der Waals surface area contributed by atoms with Crippen LogP contribution >= 0.6 is 31.9 Å². The van der Waals surface area contributed by atoms with E-state index in [1.165, 1.54) is 0 Å². The second kappa shape index (κ2) is 6.95. The molecule has 6 heteroatoms. The van der Waals surface area contributed by atoms with E-state index in [-0.39, 0.29) is 12.5 Å². The molecule has 2 aromatic carbocycles. The van der Waals surface area contributed by atoms with E-state index in [1.807, 2.05) is 37.3 Å². The van der Waals surface area contributed by atoms with Crippen LogP contribution in [0, 0.1) is 6.92 Å². The topological polar surface area (TPSA) is 64.3 Å². The lowest BCUT2D eigenvalue weighted by Gasteiger charge is -2.12. The van der Waals surface area contributed by atoms with Gasteiger partial charge in [0.05, 0.1) is 5.69 Å². The molecule has 0 aliphatic rings. The van der Waals surface area contributed by atoms with E-state index >= 15 is 0 Å². The highest BCUT2D eigenvalue weighted by Gasteiger charge is 2.09. The maximum Gasteiger partial charge on any atom is 0.262 e. The summed E-state index contributed by atoms with van der Waals surface area (Å²) in [6.07, 6.45) is 0. The summed E-state index contributed by atoms with van der Waals surface area (Å²) in [4.78, 5) is 11.9. The van der Waals surface area contributed by atoms with E-state index < -0.39 is 0 Å². The van der Waals surface area contributed by atoms with Gasteiger partial charge >= 0.3 is 0 Å². The molecule has 0 bridgehead atoms. The standard InChI is InChI=1S/C15H14Br2N2O2/c1-9-5-11(17)7-13(18)15(9)21-8-14(20)19-12-4-2-3-10(16)6-12/h2-7H,8,18H2,1H3,(H,19,20). The Kier molecular flexibility index (Phi) is 5.25. The molecule has 0 fully saturated rings. The third-order valence-electron chi connectivity index (χ3n) is 2.72. The molecule has 0 unspecified atom stereocenters. The van der Waals surface area contributed by atoms with E-state index in [0.29, 0.717) is 17.1 Å². The summed E-state index contributed by atoms with van der Waals surface area (Å²) >= 11 is 6.71. The average Bonchev–Trinajstić information content (AvgIpc) is 2.37. The van der Waals surface area contributed by atoms with Gasteiger partial charge in [0.25, 0.3) is 5.91 Å². The molecular weight excluding hydrogens is 400 g/mol. The van der Waals surface area contributed by atoms with Gasteiger partial charge < -0.3 is 15.8 Å². The lowest BCUT2D eigenvalue weighted by molar-refractivity contribution is -0.118. The fourth-order valence-electron chi connectivity index (χ4n) is 1.85. The molecular formula is C15H14Br2N2O2. The number of rotatable bonds is 4. The third kappa shape index (κ3) is 4.47. The van der Waals surface area contributed by atoms with Crippen LogP contribution < -0.4 is 15.8 Å². The molecule has 1 amide bonds. The van der Waals surface area contributed by atoms with Gasteiger partial charge in [-0.25, -0.2) is 0 Å². The van der Waals surface area contributed by atoms with E-state index in [0.717, 1.165) is 14.5 Å². The minimum Gasteiger partial charge on any atom is -0.481 e. The predicted octanol–water partition coefficient (Wildman–Crippen LogP) is 4.12. The Morgan fingerprint density at radius 1 is 1.24 bits per heavy atom. The van der Waals surface area contributed by atoms with Crippen molar-refractivity contribution in [1.82, 2.24) is 0 Å². The van der Waals surface area contributed by atoms with Gasteiger partial charge in [-0.1, -0.05) is 37.9 Å². The maximum atomic E-state index is 11.9. The Balaban J connectivity index is 1.99. The van der Waals surface area contributed by atoms with E-state index in [2.05, 4.69) is 37.2 Å². The van der Waals surface area contributed by atoms with E-state index in [9.17, 15) is 4.79 Å². The zero-order chi connectivity index (χ0) is 15.4. The number of amides is 1. The second-order valence-electron chi connectivity index (χ2n) is 4.49. The summed E-state index contributed by atoms with van der Waals surface area (Å²) in [6.45, 7) is 1.78. The summed E-state index contributed by atoms with van der Waals surface area (Å²) in [5.74, 6) is 0.289. The van der Waals surface area contributed by atoms with Crippen molar-refractivity contribution in [2.45, 2.75) is 6.92 Å². The monoisotopic (exact) mass is 412 g/mol. The number of nitrogen functional groups attached to an aromatic ring is 1. The van der Waals surface area contributed by atoms with Gasteiger partial charge in [0, 0.05) is 14.6 Å². The first-order valence-corrected chi connectivity index (χ1v) is 7.78. The van der Waals surface area contributed by atoms with Crippen LogP contribution in [0.4, 0.5) is 11.4 Å². The molecule has 0 atom stereocenters. The Bertz CT molecular complexity index is 651. The first-order valence-electron chi connectivity index (χ1n) is 6.19. The van der Waals surface area contributed by atoms with Crippen molar-refractivity contribution in [3.63, 3.8) is 0 Å². The molecule has 2 rings (SSSR count). The van der Waals surface area contributed by atoms with Crippen LogP contribution in [0.1, 0.15) is 5.56 Å². The zero-order valence-electron chi connectivity index (χ0n) is 11.3. The van der Waals surface area contributed by atoms with Gasteiger partial charge in [-0.2, -0.15) is 0 Å². The van der Waals surface area contributed by atoms with Crippen LogP contribution in [-0.2, 0) is 4.79 Å². The molecule has 4 nitrogen and oxygen atoms in total. The Morgan fingerprint density at radius 2 is 2.00 bits per heavy atom. The zero-order valence-corrected chi connectivity index (χ0v) is 14.5. The van der Waals surface area contributed by atoms with Crippen LogP contribution in [0.3, 0.4) is 0 Å². The van der Waals surface area contributed by atoms with Crippen LogP contribution in [-0.4, -0.2) is 12.5 Å². The number of aryl methyl sites for hydroxylation is 1. The summed E-state index contributed by atoms with van der Waals surface area (Å²) in [5.41, 5.74) is 7.96. The summed E-state index contributed by atoms with van der Waals surface area (Å²) in [6, 6.07) is 11.0. The molecule has 0 heterocycles. The van der Waals surface area contributed by atoms with Crippen LogP contribution in [0.5, 0.6) is 5.75 Å². The molecule has 0 spiro atoms. The predicted molar refractivity (Wildman–Crippen MR) is 91.6 cm³/mol. The fraction of sp³-hybridized carbons (Fsp3) is 0.133. The minimum atomic E-state index is -0.241. The number of anilines is 2. The third-order valence-corrected chi connectivity index (χ3v) is 3.68. The molecule has 2 aromatic rings. The summed E-state index contributed by atoms with van der Waals surface area (Å²) in [5, 5.41) is 2.76. The lowest BCUT2D eigenvalue weighted by Crippen LogP contribution is -2.20. The van der Waals surface area contributed by atoms with Crippen molar-refractivity contribution in [3.05, 3.63) is 50.9 Å². The van der Waals surface area contributed by atoms with E-state index in [4.69, 9.17) is 10.5 Å². The van der Waals surface area contributed by atoms with Crippen molar-refractivity contribution in [1.29, 1.82) is 0 Å². The van der Waals surface area contributed by atoms with Gasteiger partial charge in [0.2, 0.25) is 0 Å². The summed E-state index contributed by atoms with van der Waals surface area (Å²) < 4.78 is 7.29. The number of nitrogens with two attached hydrogens (primary N) is 1. The smallest absolute Gasteiger partial charge is 0.262 e. The van der Waals surface area contributed by atoms with Crippen molar-refractivity contribution in [3.8, 4) is 5.75 Å². The van der Waals surface area contributed by atoms with Crippen molar-refractivity contribution < 1.29 is 9.53 Å². The van der Waals surface area contributed by atoms with E-state index in [1.54, 1.807) is 6.07 Å². The number of hydrogen-bond donors (Lipinski definition) is 2. The highest BCUT2D eigenvalue weighted by atomic mass is 79.9. The molecule has 110 valence electrons. The fourth-order valence-corrected chi connectivity index (χ4v) is 2.84. The molecule has 0 saturated carbocycles. The second-order valence-corrected chi connectivity index (χ2v) is 6.32. The van der Waals surface area contributed by atoms with Crippen molar-refractivity contribution >= 4 is 49.1 Å². The number of benzene rings is 2. The molecule has 3 N–H and O–H groups in total. The van der Waals surface area contributed by atoms with Crippen molar-refractivity contribution in [2.24, 2.45) is 0 Å². The first kappa shape index (κ1) is 15.9. The van der Waals surface area contributed by atoms with Crippen LogP contribution in [0.25, 0.3) is 0 Å². The number of halogens is 2. The normalized spacial score (nSPS) is 10.2. The SMILES string of the molecule is Cc1cc(Br)cc(N)c1OCC(=O)Nc1cccc(Br)c1. The number of ether oxygens (including phenoxy) is 1. The number of carbonyl (C=O) groups is 1. The number of hydrogen-bond acceptors (Lipinski definition) is 3. The molecule has 0 saturated heterocycles. The molecule has 0 radical (unpaired) electrons. The average molecular weight is 414 g/mol. The molecule has 0 aliphatic carbocycles. The quantitative estimate of drug-likeness (QED) is 0.741. The molecule has 0 aliphatic heterocycles. The van der Waals surface area contributed by atoms with Crippen LogP contribution in [0.2, 0.25) is 0 Å². The lowest BCUT2D eigenvalue weighted by atomic mass is 10.2. The minimum absolute atomic E-state index is 0.0980. The molecule has 0 aromatic heterocycles. The Hall–Kier alpha value is -1.53. The van der Waals surface area contributed by atoms with Gasteiger partial charge in [-0.05, 0) is 42.8 Å². The largest absolute Gasteiger partial charge is 0.481 e. The highest BCUT2D eigenvalue weighted by molar-refractivity contribution is 9.10. The number of nitrogens with one attached hydrogen (secondary N) is 1. The van der Waals surface area contributed by atoms with Gasteiger partial charge in [-0.15, -0.1) is 0 Å². The highest BCUT2D eigenvalue weighted by Crippen LogP contribution is 2.30. The maximum absolute atomic E-state index is 11.9. The van der Waals surface area contributed by atoms with Gasteiger partial charge in [0.15, 0.2) is 6.61 Å². The van der Waals surface area contributed by atoms with Gasteiger partial charge in [0.1, 0.15) is 5.75 Å². The molecule has 21 heavy (non-hydrogen) atoms. The first-order chi connectivity index (χ1) is 9.95. The van der Waals surface area contributed by atoms with Gasteiger partial charge in [-0.3, -0.25) is 4.79 Å².